The molecule has 1 aliphatic heterocycles. The second-order valence-electron chi connectivity index (χ2n) is 10.7. The van der Waals surface area contributed by atoms with Gasteiger partial charge in [0.1, 0.15) is 22.1 Å². The van der Waals surface area contributed by atoms with Gasteiger partial charge in [-0.3, -0.25) is 0 Å². The molecule has 2 aromatic heterocycles. The molecule has 1 saturated heterocycles. The molecule has 200 valence electrons. The van der Waals surface area contributed by atoms with E-state index in [1.54, 1.807) is 18.2 Å². The third-order valence-electron chi connectivity index (χ3n) is 8.27. The summed E-state index contributed by atoms with van der Waals surface area (Å²) in [4.78, 5) is 4.79. The van der Waals surface area contributed by atoms with Gasteiger partial charge in [-0.15, -0.1) is 11.3 Å². The van der Waals surface area contributed by atoms with Gasteiger partial charge in [0.15, 0.2) is 0 Å². The lowest BCUT2D eigenvalue weighted by Crippen LogP contribution is -2.55. The fourth-order valence-electron chi connectivity index (χ4n) is 6.07. The molecule has 1 N–H and O–H groups in total. The number of thiazole rings is 1. The minimum atomic E-state index is -1.10. The van der Waals surface area contributed by atoms with Gasteiger partial charge in [0.25, 0.3) is 0 Å². The summed E-state index contributed by atoms with van der Waals surface area (Å²) in [6.07, 6.45) is 3.33. The van der Waals surface area contributed by atoms with Crippen molar-refractivity contribution >= 4 is 44.8 Å². The van der Waals surface area contributed by atoms with E-state index in [1.165, 1.54) is 11.3 Å². The number of aliphatic hydroxyl groups is 1. The van der Waals surface area contributed by atoms with Crippen molar-refractivity contribution in [3.05, 3.63) is 68.3 Å². The Morgan fingerprint density at radius 3 is 2.56 bits per heavy atom. The molecule has 3 fully saturated rings. The van der Waals surface area contributed by atoms with E-state index in [4.69, 9.17) is 42.2 Å². The van der Waals surface area contributed by atoms with E-state index in [2.05, 4.69) is 11.2 Å². The lowest BCUT2D eigenvalue weighted by molar-refractivity contribution is -0.209. The molecule has 10 heteroatoms. The van der Waals surface area contributed by atoms with E-state index < -0.39 is 5.60 Å². The highest BCUT2D eigenvalue weighted by molar-refractivity contribution is 7.18. The van der Waals surface area contributed by atoms with E-state index in [0.29, 0.717) is 70.5 Å². The van der Waals surface area contributed by atoms with Crippen LogP contribution in [0.4, 0.5) is 0 Å². The summed E-state index contributed by atoms with van der Waals surface area (Å²) in [7, 11) is 0. The monoisotopic (exact) mass is 581 g/mol. The summed E-state index contributed by atoms with van der Waals surface area (Å²) < 4.78 is 19.1. The molecule has 2 bridgehead atoms. The molecule has 0 radical (unpaired) electrons. The van der Waals surface area contributed by atoms with Gasteiger partial charge in [0.05, 0.1) is 57.8 Å². The fraction of sp³-hybridized carbons (Fsp3) is 0.414. The summed E-state index contributed by atoms with van der Waals surface area (Å²) in [6, 6.07) is 13.0. The Morgan fingerprint density at radius 1 is 1.13 bits per heavy atom. The van der Waals surface area contributed by atoms with Crippen LogP contribution in [0.25, 0.3) is 21.5 Å². The Balaban J connectivity index is 1.15. The van der Waals surface area contributed by atoms with Crippen LogP contribution in [0.1, 0.15) is 53.5 Å². The van der Waals surface area contributed by atoms with Crippen LogP contribution in [0, 0.1) is 23.2 Å². The number of hydrogen-bond donors (Lipinski definition) is 1. The van der Waals surface area contributed by atoms with E-state index in [-0.39, 0.29) is 17.9 Å². The van der Waals surface area contributed by atoms with Crippen LogP contribution < -0.4 is 0 Å². The van der Waals surface area contributed by atoms with Gasteiger partial charge in [-0.1, -0.05) is 34.4 Å². The van der Waals surface area contributed by atoms with Crippen LogP contribution in [0.3, 0.4) is 0 Å². The molecule has 7 rings (SSSR count). The summed E-state index contributed by atoms with van der Waals surface area (Å²) in [5.74, 6) is 0.877. The molecule has 2 saturated carbocycles. The molecule has 39 heavy (non-hydrogen) atoms. The summed E-state index contributed by atoms with van der Waals surface area (Å²) in [6.45, 7) is 1.20. The first-order valence-corrected chi connectivity index (χ1v) is 14.7. The van der Waals surface area contributed by atoms with Crippen molar-refractivity contribution in [1.29, 1.82) is 5.26 Å². The second kappa shape index (κ2) is 9.84. The number of benzene rings is 2. The van der Waals surface area contributed by atoms with Crippen LogP contribution in [0.5, 0.6) is 0 Å². The van der Waals surface area contributed by atoms with Crippen LogP contribution in [0.15, 0.2) is 40.9 Å². The van der Waals surface area contributed by atoms with Crippen molar-refractivity contribution in [3.63, 3.8) is 0 Å². The minimum Gasteiger partial charge on any atom is -0.382 e. The van der Waals surface area contributed by atoms with E-state index in [9.17, 15) is 10.4 Å². The number of rotatable bonds is 6. The molecule has 2 aliphatic carbocycles. The van der Waals surface area contributed by atoms with Gasteiger partial charge in [-0.25, -0.2) is 4.98 Å². The first-order chi connectivity index (χ1) is 19.0. The van der Waals surface area contributed by atoms with Crippen molar-refractivity contribution in [2.45, 2.75) is 49.9 Å². The number of nitriles is 1. The molecule has 3 heterocycles. The number of ether oxygens (including phenoxy) is 2. The Morgan fingerprint density at radius 2 is 1.87 bits per heavy atom. The molecule has 3 aliphatic rings. The zero-order chi connectivity index (χ0) is 26.7. The number of aromatic nitrogens is 2. The smallest absolute Gasteiger partial charge is 0.145 e. The van der Waals surface area contributed by atoms with E-state index >= 15 is 0 Å². The van der Waals surface area contributed by atoms with Crippen LogP contribution >= 0.6 is 34.5 Å². The number of halogens is 2. The van der Waals surface area contributed by atoms with Crippen molar-refractivity contribution in [2.75, 3.05) is 13.2 Å². The van der Waals surface area contributed by atoms with Crippen LogP contribution in [0.2, 0.25) is 10.0 Å². The van der Waals surface area contributed by atoms with Gasteiger partial charge in [-0.2, -0.15) is 5.26 Å². The zero-order valence-electron chi connectivity index (χ0n) is 20.9. The summed E-state index contributed by atoms with van der Waals surface area (Å²) >= 11 is 14.5. The van der Waals surface area contributed by atoms with Gasteiger partial charge in [0.2, 0.25) is 0 Å². The van der Waals surface area contributed by atoms with Gasteiger partial charge in [0, 0.05) is 28.9 Å². The Bertz CT molecular complexity index is 1570. The summed E-state index contributed by atoms with van der Waals surface area (Å²) in [5.41, 5.74) is 2.48. The first kappa shape index (κ1) is 25.5. The maximum absolute atomic E-state index is 12.1. The first-order valence-electron chi connectivity index (χ1n) is 13.1. The van der Waals surface area contributed by atoms with Crippen molar-refractivity contribution in [3.8, 4) is 17.3 Å². The molecule has 4 aromatic rings. The molecule has 7 nitrogen and oxygen atoms in total. The second-order valence-corrected chi connectivity index (χ2v) is 12.6. The van der Waals surface area contributed by atoms with Crippen molar-refractivity contribution < 1.29 is 19.1 Å². The number of fused-ring (bicyclic) bond motifs is 3. The number of nitrogens with zero attached hydrogens (tertiary/aromatic N) is 3. The topological polar surface area (TPSA) is 101 Å². The predicted octanol–water partition coefficient (Wildman–Crippen LogP) is 6.84. The Hall–Kier alpha value is -2.51. The Labute approximate surface area is 239 Å². The third-order valence-corrected chi connectivity index (χ3v) is 10.1. The molecule has 0 amide bonds. The predicted molar refractivity (Wildman–Crippen MR) is 148 cm³/mol. The SMILES string of the molecule is N#Cc1ccc2nc(C3(O)[C@@H]4COC[C@H]3CC(OCc3c(-c5c(Cl)cccc5Cl)noc3C3CC3)C4)sc2c1. The molecule has 4 atom stereocenters. The quantitative estimate of drug-likeness (QED) is 0.266. The van der Waals surface area contributed by atoms with Crippen LogP contribution in [-0.4, -0.2) is 34.6 Å². The largest absolute Gasteiger partial charge is 0.382 e. The number of hydrogen-bond acceptors (Lipinski definition) is 8. The van der Waals surface area contributed by atoms with Gasteiger partial charge < -0.3 is 19.1 Å². The highest BCUT2D eigenvalue weighted by atomic mass is 35.5. The lowest BCUT2D eigenvalue weighted by atomic mass is 9.66. The minimum absolute atomic E-state index is 0.0692. The third kappa shape index (κ3) is 4.37. The highest BCUT2D eigenvalue weighted by Crippen LogP contribution is 2.51. The van der Waals surface area contributed by atoms with Gasteiger partial charge in [-0.05, 0) is 56.0 Å². The molecular weight excluding hydrogens is 557 g/mol. The normalized spacial score (nSPS) is 26.6. The fourth-order valence-corrected chi connectivity index (χ4v) is 7.90. The highest BCUT2D eigenvalue weighted by Gasteiger charge is 2.55. The average Bonchev–Trinajstić information content (AvgIpc) is 3.53. The van der Waals surface area contributed by atoms with E-state index in [1.807, 2.05) is 18.2 Å². The molecule has 2 aromatic carbocycles. The van der Waals surface area contributed by atoms with Crippen molar-refractivity contribution in [2.24, 2.45) is 11.8 Å². The van der Waals surface area contributed by atoms with Gasteiger partial charge >= 0.3 is 0 Å². The molecule has 2 unspecified atom stereocenters. The maximum atomic E-state index is 12.1. The molecule has 0 spiro atoms. The average molecular weight is 583 g/mol. The van der Waals surface area contributed by atoms with Crippen molar-refractivity contribution in [1.82, 2.24) is 10.1 Å². The maximum Gasteiger partial charge on any atom is 0.145 e. The van der Waals surface area contributed by atoms with E-state index in [0.717, 1.165) is 34.4 Å². The summed E-state index contributed by atoms with van der Waals surface area (Å²) in [5, 5.41) is 27.5. The van der Waals surface area contributed by atoms with Crippen LogP contribution in [-0.2, 0) is 21.7 Å². The Kier molecular flexibility index (Phi) is 6.43. The molecular formula is C29H25Cl2N3O4S. The lowest BCUT2D eigenvalue weighted by Gasteiger charge is -2.50. The standard InChI is InChI=1S/C29H25Cl2N3O4S/c30-21-2-1-3-22(31)25(21)26-20(27(38-34-26)16-5-6-16)14-37-19-9-17-12-36-13-18(10-19)29(17,35)28-33-23-7-4-15(11-32)8-24(23)39-28/h1-4,7-8,16-19,35H,5-6,9-10,12-14H2/t17-,18+,19?,29?. The zero-order valence-corrected chi connectivity index (χ0v) is 23.2.